The average Bonchev–Trinajstić information content (AvgIpc) is 2.29. The minimum absolute atomic E-state index is 0.0477. The van der Waals surface area contributed by atoms with Crippen LogP contribution in [0.4, 0.5) is 5.82 Å². The molecule has 0 amide bonds. The molecule has 88 valence electrons. The maximum absolute atomic E-state index is 10.7. The van der Waals surface area contributed by atoms with Gasteiger partial charge in [-0.3, -0.25) is 0 Å². The second kappa shape index (κ2) is 6.07. The number of hydrogen-bond donors (Lipinski definition) is 2. The standard InChI is InChI=1S/C11H16N2O3/c1-13(7-2-3-8-14)10-6-4-5-9(12-10)11(15)16/h4-6,14H,2-3,7-8H2,1H3,(H,15,16). The van der Waals surface area contributed by atoms with Crippen LogP contribution >= 0.6 is 0 Å². The zero-order valence-corrected chi connectivity index (χ0v) is 9.26. The van der Waals surface area contributed by atoms with Crippen molar-refractivity contribution in [2.45, 2.75) is 12.8 Å². The van der Waals surface area contributed by atoms with Gasteiger partial charge in [0.25, 0.3) is 0 Å². The van der Waals surface area contributed by atoms with Crippen LogP contribution in [-0.4, -0.2) is 41.4 Å². The lowest BCUT2D eigenvalue weighted by molar-refractivity contribution is 0.0690. The van der Waals surface area contributed by atoms with Crippen LogP contribution in [0.3, 0.4) is 0 Å². The summed E-state index contributed by atoms with van der Waals surface area (Å²) in [7, 11) is 1.85. The van der Waals surface area contributed by atoms with E-state index in [4.69, 9.17) is 10.2 Å². The molecule has 0 radical (unpaired) electrons. The summed E-state index contributed by atoms with van der Waals surface area (Å²) in [5.74, 6) is -0.386. The number of carboxylic acids is 1. The molecular weight excluding hydrogens is 208 g/mol. The zero-order chi connectivity index (χ0) is 12.0. The summed E-state index contributed by atoms with van der Waals surface area (Å²) in [6, 6.07) is 4.91. The van der Waals surface area contributed by atoms with Crippen molar-refractivity contribution in [3.63, 3.8) is 0 Å². The summed E-state index contributed by atoms with van der Waals surface area (Å²) in [5.41, 5.74) is 0.0477. The number of aromatic nitrogens is 1. The smallest absolute Gasteiger partial charge is 0.354 e. The number of aliphatic hydroxyl groups excluding tert-OH is 1. The fourth-order valence-electron chi connectivity index (χ4n) is 1.33. The molecule has 0 bridgehead atoms. The summed E-state index contributed by atoms with van der Waals surface area (Å²) in [5, 5.41) is 17.4. The third-order valence-corrected chi connectivity index (χ3v) is 2.25. The number of carbonyl (C=O) groups is 1. The molecule has 0 aromatic carbocycles. The largest absolute Gasteiger partial charge is 0.477 e. The molecular formula is C11H16N2O3. The van der Waals surface area contributed by atoms with Crippen LogP contribution in [0.5, 0.6) is 0 Å². The Bertz CT molecular complexity index is 355. The van der Waals surface area contributed by atoms with E-state index in [1.807, 2.05) is 11.9 Å². The summed E-state index contributed by atoms with van der Waals surface area (Å²) in [6.07, 6.45) is 1.59. The number of rotatable bonds is 6. The predicted molar refractivity (Wildman–Crippen MR) is 60.8 cm³/mol. The van der Waals surface area contributed by atoms with Crippen LogP contribution in [0.1, 0.15) is 23.3 Å². The van der Waals surface area contributed by atoms with E-state index >= 15 is 0 Å². The lowest BCUT2D eigenvalue weighted by atomic mass is 10.3. The molecule has 0 atom stereocenters. The van der Waals surface area contributed by atoms with Crippen LogP contribution in [0.2, 0.25) is 0 Å². The van der Waals surface area contributed by atoms with Crippen molar-refractivity contribution < 1.29 is 15.0 Å². The highest BCUT2D eigenvalue weighted by molar-refractivity contribution is 5.85. The van der Waals surface area contributed by atoms with Gasteiger partial charge in [0.2, 0.25) is 0 Å². The maximum atomic E-state index is 10.7. The average molecular weight is 224 g/mol. The number of unbranched alkanes of at least 4 members (excludes halogenated alkanes) is 1. The molecule has 5 nitrogen and oxygen atoms in total. The van der Waals surface area contributed by atoms with Crippen molar-refractivity contribution in [3.8, 4) is 0 Å². The SMILES string of the molecule is CN(CCCCO)c1cccc(C(=O)O)n1. The quantitative estimate of drug-likeness (QED) is 0.705. The van der Waals surface area contributed by atoms with E-state index in [-0.39, 0.29) is 12.3 Å². The molecule has 0 saturated carbocycles. The lowest BCUT2D eigenvalue weighted by Gasteiger charge is -2.17. The Morgan fingerprint density at radius 2 is 2.19 bits per heavy atom. The molecule has 0 fully saturated rings. The predicted octanol–water partition coefficient (Wildman–Crippen LogP) is 0.989. The molecule has 0 saturated heterocycles. The Hall–Kier alpha value is -1.62. The second-order valence-electron chi connectivity index (χ2n) is 3.54. The summed E-state index contributed by atoms with van der Waals surface area (Å²) < 4.78 is 0. The summed E-state index contributed by atoms with van der Waals surface area (Å²) in [4.78, 5) is 16.6. The van der Waals surface area contributed by atoms with E-state index in [1.165, 1.54) is 6.07 Å². The topological polar surface area (TPSA) is 73.7 Å². The number of aromatic carboxylic acids is 1. The molecule has 2 N–H and O–H groups in total. The summed E-state index contributed by atoms with van der Waals surface area (Å²) in [6.45, 7) is 0.924. The lowest BCUT2D eigenvalue weighted by Crippen LogP contribution is -2.20. The molecule has 0 unspecified atom stereocenters. The Labute approximate surface area is 94.4 Å². The highest BCUT2D eigenvalue weighted by Crippen LogP contribution is 2.10. The van der Waals surface area contributed by atoms with E-state index < -0.39 is 5.97 Å². The number of carboxylic acid groups (broad SMARTS) is 1. The molecule has 1 heterocycles. The summed E-state index contributed by atoms with van der Waals surface area (Å²) >= 11 is 0. The van der Waals surface area contributed by atoms with Crippen molar-refractivity contribution >= 4 is 11.8 Å². The molecule has 1 aromatic rings. The van der Waals surface area contributed by atoms with Gasteiger partial charge in [-0.05, 0) is 25.0 Å². The van der Waals surface area contributed by atoms with Crippen LogP contribution in [0.25, 0.3) is 0 Å². The first-order valence-corrected chi connectivity index (χ1v) is 5.17. The highest BCUT2D eigenvalue weighted by atomic mass is 16.4. The first-order valence-electron chi connectivity index (χ1n) is 5.17. The first kappa shape index (κ1) is 12.4. The number of hydrogen-bond acceptors (Lipinski definition) is 4. The van der Waals surface area contributed by atoms with Gasteiger partial charge in [0, 0.05) is 20.2 Å². The Kier molecular flexibility index (Phi) is 4.72. The van der Waals surface area contributed by atoms with Gasteiger partial charge in [-0.2, -0.15) is 0 Å². The number of nitrogens with zero attached hydrogens (tertiary/aromatic N) is 2. The van der Waals surface area contributed by atoms with E-state index in [0.29, 0.717) is 5.82 Å². The fraction of sp³-hybridized carbons (Fsp3) is 0.455. The Balaban J connectivity index is 2.64. The molecule has 0 spiro atoms. The van der Waals surface area contributed by atoms with Gasteiger partial charge in [-0.25, -0.2) is 9.78 Å². The maximum Gasteiger partial charge on any atom is 0.354 e. The Morgan fingerprint density at radius 1 is 1.44 bits per heavy atom. The van der Waals surface area contributed by atoms with Crippen LogP contribution in [0, 0.1) is 0 Å². The van der Waals surface area contributed by atoms with Crippen molar-refractivity contribution in [2.24, 2.45) is 0 Å². The van der Waals surface area contributed by atoms with Crippen molar-refractivity contribution in [3.05, 3.63) is 23.9 Å². The molecule has 0 aliphatic carbocycles. The van der Waals surface area contributed by atoms with E-state index in [1.54, 1.807) is 12.1 Å². The number of pyridine rings is 1. The van der Waals surface area contributed by atoms with Gasteiger partial charge in [0.15, 0.2) is 5.69 Å². The van der Waals surface area contributed by atoms with Gasteiger partial charge in [0.1, 0.15) is 5.82 Å². The van der Waals surface area contributed by atoms with Gasteiger partial charge in [0.05, 0.1) is 0 Å². The third-order valence-electron chi connectivity index (χ3n) is 2.25. The first-order chi connectivity index (χ1) is 7.65. The fourth-order valence-corrected chi connectivity index (χ4v) is 1.33. The third kappa shape index (κ3) is 3.51. The van der Waals surface area contributed by atoms with E-state index in [2.05, 4.69) is 4.98 Å². The van der Waals surface area contributed by atoms with Crippen molar-refractivity contribution in [1.82, 2.24) is 4.98 Å². The molecule has 1 aromatic heterocycles. The van der Waals surface area contributed by atoms with Crippen LogP contribution in [0.15, 0.2) is 18.2 Å². The van der Waals surface area contributed by atoms with E-state index in [0.717, 1.165) is 19.4 Å². The van der Waals surface area contributed by atoms with E-state index in [9.17, 15) is 4.79 Å². The van der Waals surface area contributed by atoms with Gasteiger partial charge < -0.3 is 15.1 Å². The normalized spacial score (nSPS) is 10.1. The molecule has 5 heteroatoms. The van der Waals surface area contributed by atoms with Crippen LogP contribution in [-0.2, 0) is 0 Å². The molecule has 1 rings (SSSR count). The minimum Gasteiger partial charge on any atom is -0.477 e. The number of anilines is 1. The van der Waals surface area contributed by atoms with Crippen molar-refractivity contribution in [2.75, 3.05) is 25.1 Å². The molecule has 0 aliphatic heterocycles. The minimum atomic E-state index is -1.02. The van der Waals surface area contributed by atoms with Crippen molar-refractivity contribution in [1.29, 1.82) is 0 Å². The number of aliphatic hydroxyl groups is 1. The zero-order valence-electron chi connectivity index (χ0n) is 9.26. The highest BCUT2D eigenvalue weighted by Gasteiger charge is 2.07. The second-order valence-corrected chi connectivity index (χ2v) is 3.54. The van der Waals surface area contributed by atoms with Gasteiger partial charge in [-0.1, -0.05) is 6.07 Å². The van der Waals surface area contributed by atoms with Crippen LogP contribution < -0.4 is 4.90 Å². The molecule has 0 aliphatic rings. The Morgan fingerprint density at radius 3 is 2.81 bits per heavy atom. The molecule has 16 heavy (non-hydrogen) atoms. The van der Waals surface area contributed by atoms with Gasteiger partial charge >= 0.3 is 5.97 Å². The van der Waals surface area contributed by atoms with Gasteiger partial charge in [-0.15, -0.1) is 0 Å². The monoisotopic (exact) mass is 224 g/mol.